The number of nitrogens with zero attached hydrogens (tertiary/aromatic N) is 1. The van der Waals surface area contributed by atoms with Crippen LogP contribution in [0.15, 0.2) is 12.1 Å². The van der Waals surface area contributed by atoms with Crippen LogP contribution in [0.2, 0.25) is 0 Å². The SMILES string of the molecule is O=[N+]([O-])c1ccc(NCC(O)CO)c(OC(F)(F)F)c1F. The number of ether oxygens (including phenoxy) is 1. The van der Waals surface area contributed by atoms with Gasteiger partial charge in [-0.15, -0.1) is 13.2 Å². The minimum absolute atomic E-state index is 0.415. The average molecular weight is 314 g/mol. The third-order valence-electron chi connectivity index (χ3n) is 2.23. The summed E-state index contributed by atoms with van der Waals surface area (Å²) >= 11 is 0. The van der Waals surface area contributed by atoms with Crippen molar-refractivity contribution in [2.45, 2.75) is 12.5 Å². The molecule has 0 aromatic heterocycles. The second kappa shape index (κ2) is 6.54. The van der Waals surface area contributed by atoms with Gasteiger partial charge >= 0.3 is 12.0 Å². The molecule has 0 aliphatic carbocycles. The molecule has 1 rings (SSSR count). The largest absolute Gasteiger partial charge is 0.573 e. The van der Waals surface area contributed by atoms with E-state index in [1.807, 2.05) is 0 Å². The maximum Gasteiger partial charge on any atom is 0.573 e. The monoisotopic (exact) mass is 314 g/mol. The van der Waals surface area contributed by atoms with E-state index in [0.29, 0.717) is 6.07 Å². The molecule has 1 aromatic rings. The van der Waals surface area contributed by atoms with E-state index >= 15 is 0 Å². The summed E-state index contributed by atoms with van der Waals surface area (Å²) in [5.74, 6) is -3.22. The second-order valence-electron chi connectivity index (χ2n) is 3.80. The van der Waals surface area contributed by atoms with Crippen LogP contribution in [0.3, 0.4) is 0 Å². The Bertz CT molecular complexity index is 523. The maximum atomic E-state index is 13.7. The molecule has 0 aliphatic rings. The summed E-state index contributed by atoms with van der Waals surface area (Å²) in [4.78, 5) is 9.30. The first kappa shape index (κ1) is 16.9. The predicted octanol–water partition coefficient (Wildman–Crippen LogP) is 1.40. The summed E-state index contributed by atoms with van der Waals surface area (Å²) in [6, 6.07) is 1.44. The van der Waals surface area contributed by atoms with E-state index in [1.165, 1.54) is 0 Å². The van der Waals surface area contributed by atoms with Gasteiger partial charge in [-0.3, -0.25) is 10.1 Å². The van der Waals surface area contributed by atoms with Gasteiger partial charge in [0.05, 0.1) is 23.3 Å². The zero-order valence-corrected chi connectivity index (χ0v) is 10.2. The summed E-state index contributed by atoms with van der Waals surface area (Å²) in [5, 5.41) is 30.3. The summed E-state index contributed by atoms with van der Waals surface area (Å²) in [6.07, 6.45) is -6.58. The number of alkyl halides is 3. The van der Waals surface area contributed by atoms with E-state index in [4.69, 9.17) is 10.2 Å². The average Bonchev–Trinajstić information content (AvgIpc) is 2.37. The highest BCUT2D eigenvalue weighted by Gasteiger charge is 2.36. The molecule has 0 fully saturated rings. The van der Waals surface area contributed by atoms with E-state index in [2.05, 4.69) is 10.1 Å². The molecular weight excluding hydrogens is 304 g/mol. The molecule has 0 saturated heterocycles. The number of nitro groups is 1. The number of halogens is 4. The minimum atomic E-state index is -5.26. The van der Waals surface area contributed by atoms with Crippen molar-refractivity contribution in [2.75, 3.05) is 18.5 Å². The molecule has 0 bridgehead atoms. The summed E-state index contributed by atoms with van der Waals surface area (Å²) in [6.45, 7) is -1.10. The first-order valence-corrected chi connectivity index (χ1v) is 5.41. The summed E-state index contributed by atoms with van der Waals surface area (Å²) in [5.41, 5.74) is -1.74. The molecule has 118 valence electrons. The lowest BCUT2D eigenvalue weighted by Crippen LogP contribution is -2.24. The van der Waals surface area contributed by atoms with E-state index < -0.39 is 53.5 Å². The molecule has 0 aliphatic heterocycles. The van der Waals surface area contributed by atoms with Gasteiger partial charge < -0.3 is 20.3 Å². The van der Waals surface area contributed by atoms with Crippen LogP contribution in [-0.2, 0) is 0 Å². The van der Waals surface area contributed by atoms with E-state index in [1.54, 1.807) is 0 Å². The molecule has 1 unspecified atom stereocenters. The summed E-state index contributed by atoms with van der Waals surface area (Å²) < 4.78 is 53.8. The standard InChI is InChI=1S/C10H10F4N2O5/c11-8-7(16(19)20)2-1-6(15-3-5(18)4-17)9(8)21-10(12,13)14/h1-2,5,15,17-18H,3-4H2. The third kappa shape index (κ3) is 4.72. The number of benzene rings is 1. The minimum Gasteiger partial charge on any atom is -0.400 e. The van der Waals surface area contributed by atoms with Gasteiger partial charge in [0.15, 0.2) is 5.75 Å². The molecule has 11 heteroatoms. The Morgan fingerprint density at radius 1 is 1.43 bits per heavy atom. The summed E-state index contributed by atoms with van der Waals surface area (Å²) in [7, 11) is 0. The van der Waals surface area contributed by atoms with Gasteiger partial charge in [0, 0.05) is 12.6 Å². The molecule has 0 radical (unpaired) electrons. The Morgan fingerprint density at radius 3 is 2.52 bits per heavy atom. The van der Waals surface area contributed by atoms with Crippen molar-refractivity contribution in [3.05, 3.63) is 28.1 Å². The van der Waals surface area contributed by atoms with Gasteiger partial charge in [0.2, 0.25) is 5.82 Å². The van der Waals surface area contributed by atoms with Crippen LogP contribution in [-0.4, -0.2) is 40.8 Å². The Hall–Kier alpha value is -2.14. The molecule has 0 heterocycles. The molecule has 0 saturated carbocycles. The molecule has 0 amide bonds. The van der Waals surface area contributed by atoms with Crippen LogP contribution in [0.4, 0.5) is 28.9 Å². The number of nitrogens with one attached hydrogen (secondary N) is 1. The number of anilines is 1. The maximum absolute atomic E-state index is 13.7. The lowest BCUT2D eigenvalue weighted by atomic mass is 10.2. The Kier molecular flexibility index (Phi) is 5.27. The quantitative estimate of drug-likeness (QED) is 0.416. The van der Waals surface area contributed by atoms with Gasteiger partial charge in [-0.05, 0) is 6.07 Å². The van der Waals surface area contributed by atoms with Crippen LogP contribution in [0.1, 0.15) is 0 Å². The van der Waals surface area contributed by atoms with Crippen molar-refractivity contribution in [3.8, 4) is 5.75 Å². The Morgan fingerprint density at radius 2 is 2.05 bits per heavy atom. The van der Waals surface area contributed by atoms with Crippen LogP contribution in [0.25, 0.3) is 0 Å². The fourth-order valence-corrected chi connectivity index (χ4v) is 1.33. The highest BCUT2D eigenvalue weighted by Crippen LogP contribution is 2.37. The third-order valence-corrected chi connectivity index (χ3v) is 2.23. The van der Waals surface area contributed by atoms with Crippen LogP contribution < -0.4 is 10.1 Å². The fourth-order valence-electron chi connectivity index (χ4n) is 1.33. The number of nitro benzene ring substituents is 1. The number of rotatable bonds is 6. The number of hydrogen-bond acceptors (Lipinski definition) is 6. The Balaban J connectivity index is 3.17. The van der Waals surface area contributed by atoms with Crippen molar-refractivity contribution >= 4 is 11.4 Å². The van der Waals surface area contributed by atoms with E-state index in [-0.39, 0.29) is 0 Å². The van der Waals surface area contributed by atoms with Crippen LogP contribution >= 0.6 is 0 Å². The molecule has 1 atom stereocenters. The Labute approximate surface area is 114 Å². The van der Waals surface area contributed by atoms with Gasteiger partial charge in [-0.25, -0.2) is 0 Å². The van der Waals surface area contributed by atoms with Crippen LogP contribution in [0, 0.1) is 15.9 Å². The van der Waals surface area contributed by atoms with Gasteiger partial charge in [0.1, 0.15) is 0 Å². The van der Waals surface area contributed by atoms with Crippen LogP contribution in [0.5, 0.6) is 5.75 Å². The van der Waals surface area contributed by atoms with Crippen molar-refractivity contribution in [3.63, 3.8) is 0 Å². The molecule has 1 aromatic carbocycles. The molecule has 7 nitrogen and oxygen atoms in total. The van der Waals surface area contributed by atoms with Crippen molar-refractivity contribution < 1.29 is 37.4 Å². The van der Waals surface area contributed by atoms with Crippen molar-refractivity contribution in [2.24, 2.45) is 0 Å². The molecule has 0 spiro atoms. The van der Waals surface area contributed by atoms with Crippen molar-refractivity contribution in [1.82, 2.24) is 0 Å². The van der Waals surface area contributed by atoms with E-state index in [0.717, 1.165) is 6.07 Å². The predicted molar refractivity (Wildman–Crippen MR) is 61.3 cm³/mol. The number of hydrogen-bond donors (Lipinski definition) is 3. The van der Waals surface area contributed by atoms with Gasteiger partial charge in [0.25, 0.3) is 0 Å². The van der Waals surface area contributed by atoms with Gasteiger partial charge in [-0.2, -0.15) is 4.39 Å². The van der Waals surface area contributed by atoms with Gasteiger partial charge in [-0.1, -0.05) is 0 Å². The highest BCUT2D eigenvalue weighted by molar-refractivity contribution is 5.62. The molecule has 3 N–H and O–H groups in total. The zero-order chi connectivity index (χ0) is 16.2. The molecular formula is C10H10F4N2O5. The zero-order valence-electron chi connectivity index (χ0n) is 10.2. The topological polar surface area (TPSA) is 105 Å². The van der Waals surface area contributed by atoms with E-state index in [9.17, 15) is 27.7 Å². The number of aliphatic hydroxyl groups is 2. The normalized spacial score (nSPS) is 12.9. The highest BCUT2D eigenvalue weighted by atomic mass is 19.4. The van der Waals surface area contributed by atoms with Crippen molar-refractivity contribution in [1.29, 1.82) is 0 Å². The first-order valence-electron chi connectivity index (χ1n) is 5.41. The first-order chi connectivity index (χ1) is 9.65. The second-order valence-corrected chi connectivity index (χ2v) is 3.80. The lowest BCUT2D eigenvalue weighted by Gasteiger charge is -2.16. The smallest absolute Gasteiger partial charge is 0.400 e. The number of aliphatic hydroxyl groups excluding tert-OH is 2. The molecule has 21 heavy (non-hydrogen) atoms. The fraction of sp³-hybridized carbons (Fsp3) is 0.400. The lowest BCUT2D eigenvalue weighted by molar-refractivity contribution is -0.387.